The highest BCUT2D eigenvalue weighted by Gasteiger charge is 2.28. The van der Waals surface area contributed by atoms with E-state index in [1.54, 1.807) is 6.92 Å². The van der Waals surface area contributed by atoms with Gasteiger partial charge in [-0.15, -0.1) is 12.4 Å². The van der Waals surface area contributed by atoms with Crippen LogP contribution in [-0.4, -0.2) is 22.9 Å². The number of non-ortho nitro benzene ring substituents is 1. The molecule has 0 saturated heterocycles. The first-order chi connectivity index (χ1) is 9.91. The lowest BCUT2D eigenvalue weighted by atomic mass is 9.82. The molecule has 0 atom stereocenters. The van der Waals surface area contributed by atoms with Gasteiger partial charge in [0, 0.05) is 29.8 Å². The van der Waals surface area contributed by atoms with E-state index in [0.717, 1.165) is 25.7 Å². The van der Waals surface area contributed by atoms with Crippen LogP contribution in [0.1, 0.15) is 48.0 Å². The van der Waals surface area contributed by atoms with Gasteiger partial charge in [-0.05, 0) is 31.4 Å². The van der Waals surface area contributed by atoms with Crippen molar-refractivity contribution in [3.8, 4) is 0 Å². The maximum atomic E-state index is 12.2. The number of hydrogen-bond donors (Lipinski definition) is 2. The molecular weight excluding hydrogens is 306 g/mol. The molecule has 0 bridgehead atoms. The average Bonchev–Trinajstić information content (AvgIpc) is 2.45. The molecule has 0 heterocycles. The van der Waals surface area contributed by atoms with Crippen LogP contribution < -0.4 is 11.1 Å². The summed E-state index contributed by atoms with van der Waals surface area (Å²) >= 11 is 0. The molecule has 1 fully saturated rings. The number of nitrogens with two attached hydrogens (primary N) is 1. The smallest absolute Gasteiger partial charge is 0.269 e. The predicted octanol–water partition coefficient (Wildman–Crippen LogP) is 2.72. The highest BCUT2D eigenvalue weighted by molar-refractivity contribution is 5.95. The van der Waals surface area contributed by atoms with Crippen molar-refractivity contribution in [1.29, 1.82) is 0 Å². The van der Waals surface area contributed by atoms with Crippen molar-refractivity contribution in [3.63, 3.8) is 0 Å². The van der Waals surface area contributed by atoms with Crippen molar-refractivity contribution in [1.82, 2.24) is 5.32 Å². The van der Waals surface area contributed by atoms with Crippen molar-refractivity contribution in [2.75, 3.05) is 6.54 Å². The van der Waals surface area contributed by atoms with Crippen LogP contribution in [0.3, 0.4) is 0 Å². The van der Waals surface area contributed by atoms with Crippen molar-refractivity contribution in [2.45, 2.75) is 44.6 Å². The highest BCUT2D eigenvalue weighted by Crippen LogP contribution is 2.25. The van der Waals surface area contributed by atoms with E-state index in [4.69, 9.17) is 5.73 Å². The van der Waals surface area contributed by atoms with Crippen molar-refractivity contribution in [2.24, 2.45) is 5.73 Å². The number of nitrogens with one attached hydrogen (secondary N) is 1. The molecule has 1 aliphatic rings. The van der Waals surface area contributed by atoms with Crippen LogP contribution in [-0.2, 0) is 0 Å². The quantitative estimate of drug-likeness (QED) is 0.656. The lowest BCUT2D eigenvalue weighted by Crippen LogP contribution is -2.51. The summed E-state index contributed by atoms with van der Waals surface area (Å²) in [7, 11) is 0. The van der Waals surface area contributed by atoms with Gasteiger partial charge in [0.2, 0.25) is 0 Å². The first kappa shape index (κ1) is 18.4. The number of nitro benzene ring substituents is 1. The molecule has 7 heteroatoms. The molecule has 1 aromatic carbocycles. The third kappa shape index (κ3) is 4.42. The Kier molecular flexibility index (Phi) is 6.32. The van der Waals surface area contributed by atoms with Crippen LogP contribution >= 0.6 is 12.4 Å². The number of carbonyl (C=O) groups is 1. The minimum Gasteiger partial charge on any atom is -0.350 e. The maximum Gasteiger partial charge on any atom is 0.269 e. The first-order valence-electron chi connectivity index (χ1n) is 7.23. The second kappa shape index (κ2) is 7.56. The van der Waals surface area contributed by atoms with Gasteiger partial charge in [-0.1, -0.05) is 19.3 Å². The number of nitrogens with zero attached hydrogens (tertiary/aromatic N) is 1. The second-order valence-electron chi connectivity index (χ2n) is 5.86. The summed E-state index contributed by atoms with van der Waals surface area (Å²) in [6.45, 7) is 2.14. The molecule has 3 N–H and O–H groups in total. The van der Waals surface area contributed by atoms with Crippen LogP contribution in [0.15, 0.2) is 18.2 Å². The Bertz CT molecular complexity index is 557. The van der Waals surface area contributed by atoms with E-state index >= 15 is 0 Å². The van der Waals surface area contributed by atoms with Gasteiger partial charge in [0.1, 0.15) is 0 Å². The molecule has 0 unspecified atom stereocenters. The van der Waals surface area contributed by atoms with E-state index in [1.807, 2.05) is 0 Å². The molecular formula is C15H22ClN3O3. The topological polar surface area (TPSA) is 98.3 Å². The number of hydrogen-bond acceptors (Lipinski definition) is 4. The number of benzene rings is 1. The Morgan fingerprint density at radius 2 is 2.00 bits per heavy atom. The molecule has 6 nitrogen and oxygen atoms in total. The molecule has 22 heavy (non-hydrogen) atoms. The Labute approximate surface area is 136 Å². The molecule has 2 rings (SSSR count). The second-order valence-corrected chi connectivity index (χ2v) is 5.86. The van der Waals surface area contributed by atoms with Gasteiger partial charge in [-0.3, -0.25) is 14.9 Å². The van der Waals surface area contributed by atoms with Gasteiger partial charge in [0.25, 0.3) is 11.6 Å². The maximum absolute atomic E-state index is 12.2. The summed E-state index contributed by atoms with van der Waals surface area (Å²) < 4.78 is 0. The van der Waals surface area contributed by atoms with Crippen molar-refractivity contribution in [3.05, 3.63) is 39.4 Å². The Balaban J connectivity index is 0.00000242. The van der Waals surface area contributed by atoms with E-state index < -0.39 is 4.92 Å². The lowest BCUT2D eigenvalue weighted by Gasteiger charge is -2.33. The zero-order chi connectivity index (χ0) is 15.5. The average molecular weight is 328 g/mol. The molecule has 1 saturated carbocycles. The standard InChI is InChI=1S/C15H21N3O3.ClH/c1-11-9-12(18(20)21)5-6-13(11)14(19)17-10-15(16)7-3-2-4-8-15;/h5-6,9H,2-4,7-8,10,16H2,1H3,(H,17,19);1H. The molecule has 122 valence electrons. The molecule has 0 aromatic heterocycles. The predicted molar refractivity (Wildman–Crippen MR) is 87.4 cm³/mol. The Hall–Kier alpha value is -1.66. The molecule has 0 aliphatic heterocycles. The van der Waals surface area contributed by atoms with E-state index in [-0.39, 0.29) is 29.5 Å². The van der Waals surface area contributed by atoms with Gasteiger partial charge >= 0.3 is 0 Å². The minimum atomic E-state index is -0.467. The fraction of sp³-hybridized carbons (Fsp3) is 0.533. The third-order valence-corrected chi connectivity index (χ3v) is 4.12. The Morgan fingerprint density at radius 3 is 2.55 bits per heavy atom. The number of carbonyl (C=O) groups excluding carboxylic acids is 1. The van der Waals surface area contributed by atoms with Gasteiger partial charge in [-0.2, -0.15) is 0 Å². The largest absolute Gasteiger partial charge is 0.350 e. The normalized spacial score (nSPS) is 16.5. The monoisotopic (exact) mass is 327 g/mol. The van der Waals surface area contributed by atoms with Crippen LogP contribution in [0.2, 0.25) is 0 Å². The fourth-order valence-electron chi connectivity index (χ4n) is 2.80. The van der Waals surface area contributed by atoms with Gasteiger partial charge in [-0.25, -0.2) is 0 Å². The number of nitro groups is 1. The van der Waals surface area contributed by atoms with Crippen molar-refractivity contribution < 1.29 is 9.72 Å². The molecule has 0 spiro atoms. The summed E-state index contributed by atoms with van der Waals surface area (Å²) in [5.74, 6) is -0.224. The summed E-state index contributed by atoms with van der Waals surface area (Å²) in [6.07, 6.45) is 5.25. The van der Waals surface area contributed by atoms with E-state index in [0.29, 0.717) is 17.7 Å². The first-order valence-corrected chi connectivity index (χ1v) is 7.23. The highest BCUT2D eigenvalue weighted by atomic mass is 35.5. The number of amides is 1. The van der Waals surface area contributed by atoms with E-state index in [1.165, 1.54) is 24.6 Å². The van der Waals surface area contributed by atoms with Gasteiger partial charge < -0.3 is 11.1 Å². The molecule has 0 radical (unpaired) electrons. The van der Waals surface area contributed by atoms with E-state index in [9.17, 15) is 14.9 Å². The molecule has 1 amide bonds. The fourth-order valence-corrected chi connectivity index (χ4v) is 2.80. The number of aryl methyl sites for hydroxylation is 1. The summed E-state index contributed by atoms with van der Waals surface area (Å²) in [5, 5.41) is 13.6. The molecule has 1 aromatic rings. The van der Waals surface area contributed by atoms with Crippen LogP contribution in [0.4, 0.5) is 5.69 Å². The summed E-state index contributed by atoms with van der Waals surface area (Å²) in [6, 6.07) is 4.25. The third-order valence-electron chi connectivity index (χ3n) is 4.12. The molecule has 1 aliphatic carbocycles. The van der Waals surface area contributed by atoms with E-state index in [2.05, 4.69) is 5.32 Å². The van der Waals surface area contributed by atoms with Crippen LogP contribution in [0.5, 0.6) is 0 Å². The summed E-state index contributed by atoms with van der Waals surface area (Å²) in [5.41, 5.74) is 7.01. The SMILES string of the molecule is Cc1cc([N+](=O)[O-])ccc1C(=O)NCC1(N)CCCCC1.Cl. The lowest BCUT2D eigenvalue weighted by molar-refractivity contribution is -0.384. The van der Waals surface area contributed by atoms with Crippen molar-refractivity contribution >= 4 is 24.0 Å². The number of halogens is 1. The van der Waals surface area contributed by atoms with Gasteiger partial charge in [0.05, 0.1) is 4.92 Å². The van der Waals surface area contributed by atoms with Gasteiger partial charge in [0.15, 0.2) is 0 Å². The Morgan fingerprint density at radius 1 is 1.36 bits per heavy atom. The van der Waals surface area contributed by atoms with Crippen LogP contribution in [0, 0.1) is 17.0 Å². The number of rotatable bonds is 4. The zero-order valence-corrected chi connectivity index (χ0v) is 13.4. The summed E-state index contributed by atoms with van der Waals surface area (Å²) in [4.78, 5) is 22.4. The minimum absolute atomic E-state index is 0. The van der Waals surface area contributed by atoms with Crippen LogP contribution in [0.25, 0.3) is 0 Å². The zero-order valence-electron chi connectivity index (χ0n) is 12.6.